The lowest BCUT2D eigenvalue weighted by atomic mass is 10.1. The molecular weight excluding hydrogens is 332 g/mol. The number of ether oxygens (including phenoxy) is 2. The van der Waals surface area contributed by atoms with Crippen LogP contribution in [0.25, 0.3) is 0 Å². The molecule has 0 spiro atoms. The molecular formula is C19H28N4O3. The van der Waals surface area contributed by atoms with Crippen LogP contribution < -0.4 is 10.1 Å². The van der Waals surface area contributed by atoms with E-state index in [1.54, 1.807) is 0 Å². The molecule has 1 aromatic rings. The van der Waals surface area contributed by atoms with Gasteiger partial charge in [0.05, 0.1) is 19.3 Å². The Bertz CT molecular complexity index is 603. The third-order valence-electron chi connectivity index (χ3n) is 5.43. The largest absolute Gasteiger partial charge is 0.492 e. The predicted molar refractivity (Wildman–Crippen MR) is 98.4 cm³/mol. The summed E-state index contributed by atoms with van der Waals surface area (Å²) in [5, 5.41) is 2.93. The van der Waals surface area contributed by atoms with Crippen LogP contribution in [0.4, 0.5) is 4.79 Å². The third kappa shape index (κ3) is 4.28. The van der Waals surface area contributed by atoms with E-state index in [4.69, 9.17) is 9.47 Å². The Kier molecular flexibility index (Phi) is 5.57. The van der Waals surface area contributed by atoms with Gasteiger partial charge in [-0.05, 0) is 17.7 Å². The molecule has 0 radical (unpaired) electrons. The lowest BCUT2D eigenvalue weighted by molar-refractivity contribution is 0.0322. The van der Waals surface area contributed by atoms with Gasteiger partial charge in [-0.2, -0.15) is 0 Å². The Hall–Kier alpha value is -1.83. The first-order valence-corrected chi connectivity index (χ1v) is 9.56. The second-order valence-corrected chi connectivity index (χ2v) is 7.21. The summed E-state index contributed by atoms with van der Waals surface area (Å²) in [6, 6.07) is 8.83. The second-order valence-electron chi connectivity index (χ2n) is 7.21. The van der Waals surface area contributed by atoms with Crippen molar-refractivity contribution in [3.05, 3.63) is 29.8 Å². The molecule has 3 aliphatic heterocycles. The summed E-state index contributed by atoms with van der Waals surface area (Å²) in [4.78, 5) is 18.4. The molecule has 2 amide bonds. The lowest BCUT2D eigenvalue weighted by Crippen LogP contribution is -2.51. The van der Waals surface area contributed by atoms with Crippen LogP contribution in [0, 0.1) is 0 Å². The van der Waals surface area contributed by atoms with Crippen molar-refractivity contribution in [3.8, 4) is 5.75 Å². The van der Waals surface area contributed by atoms with Gasteiger partial charge in [-0.3, -0.25) is 9.80 Å². The zero-order valence-corrected chi connectivity index (χ0v) is 15.2. The first-order chi connectivity index (χ1) is 12.8. The van der Waals surface area contributed by atoms with Gasteiger partial charge in [-0.1, -0.05) is 12.1 Å². The van der Waals surface area contributed by atoms with Gasteiger partial charge in [0.1, 0.15) is 12.4 Å². The fourth-order valence-electron chi connectivity index (χ4n) is 3.88. The summed E-state index contributed by atoms with van der Waals surface area (Å²) in [6.45, 7) is 9.69. The molecule has 0 saturated carbocycles. The van der Waals surface area contributed by atoms with Crippen molar-refractivity contribution in [3.63, 3.8) is 0 Å². The van der Waals surface area contributed by atoms with Crippen molar-refractivity contribution in [2.45, 2.75) is 12.6 Å². The standard InChI is InChI=1S/C19H28N4O3/c24-19-20-13-17-15-22(5-6-23(17)19)14-16-1-3-18(4-2-16)26-12-9-21-7-10-25-11-8-21/h1-4,17H,5-15H2,(H,20,24). The number of carbonyl (C=O) groups excluding carboxylic acids is 1. The van der Waals surface area contributed by atoms with E-state index in [2.05, 4.69) is 39.4 Å². The average molecular weight is 360 g/mol. The summed E-state index contributed by atoms with van der Waals surface area (Å²) in [5.74, 6) is 0.928. The van der Waals surface area contributed by atoms with Crippen LogP contribution in [0.3, 0.4) is 0 Å². The van der Waals surface area contributed by atoms with E-state index in [-0.39, 0.29) is 6.03 Å². The topological polar surface area (TPSA) is 57.3 Å². The minimum atomic E-state index is 0.0910. The van der Waals surface area contributed by atoms with Crippen LogP contribution >= 0.6 is 0 Å². The number of carbonyl (C=O) groups is 1. The van der Waals surface area contributed by atoms with Gasteiger partial charge < -0.3 is 19.7 Å². The molecule has 3 fully saturated rings. The van der Waals surface area contributed by atoms with Crippen molar-refractivity contribution in [1.82, 2.24) is 20.0 Å². The number of hydrogen-bond donors (Lipinski definition) is 1. The van der Waals surface area contributed by atoms with E-state index in [1.165, 1.54) is 5.56 Å². The SMILES string of the molecule is O=C1NCC2CN(Cc3ccc(OCCN4CCOCC4)cc3)CCN12. The highest BCUT2D eigenvalue weighted by Gasteiger charge is 2.35. The maximum Gasteiger partial charge on any atom is 0.317 e. The number of amides is 2. The quantitative estimate of drug-likeness (QED) is 0.806. The molecule has 1 unspecified atom stereocenters. The van der Waals surface area contributed by atoms with Crippen LogP contribution in [0.1, 0.15) is 5.56 Å². The first kappa shape index (κ1) is 17.6. The Labute approximate surface area is 154 Å². The molecule has 4 rings (SSSR count). The van der Waals surface area contributed by atoms with Crippen LogP contribution in [-0.2, 0) is 11.3 Å². The smallest absolute Gasteiger partial charge is 0.317 e. The maximum absolute atomic E-state index is 11.7. The van der Waals surface area contributed by atoms with E-state index >= 15 is 0 Å². The summed E-state index contributed by atoms with van der Waals surface area (Å²) in [6.07, 6.45) is 0. The van der Waals surface area contributed by atoms with Crippen molar-refractivity contribution in [2.24, 2.45) is 0 Å². The van der Waals surface area contributed by atoms with Crippen LogP contribution in [0.5, 0.6) is 5.75 Å². The van der Waals surface area contributed by atoms with Crippen LogP contribution in [0.2, 0.25) is 0 Å². The number of nitrogens with one attached hydrogen (secondary N) is 1. The minimum absolute atomic E-state index is 0.0910. The Balaban J connectivity index is 1.21. The van der Waals surface area contributed by atoms with E-state index in [9.17, 15) is 4.79 Å². The average Bonchev–Trinajstić information content (AvgIpc) is 3.04. The van der Waals surface area contributed by atoms with Gasteiger partial charge in [0.25, 0.3) is 0 Å². The van der Waals surface area contributed by atoms with Crippen molar-refractivity contribution >= 4 is 6.03 Å². The van der Waals surface area contributed by atoms with E-state index in [0.717, 1.165) is 71.3 Å². The highest BCUT2D eigenvalue weighted by molar-refractivity contribution is 5.77. The summed E-state index contributed by atoms with van der Waals surface area (Å²) in [5.41, 5.74) is 1.29. The number of piperazine rings is 1. The Morgan fingerprint density at radius 1 is 1.08 bits per heavy atom. The number of rotatable bonds is 6. The maximum atomic E-state index is 11.7. The summed E-state index contributed by atoms with van der Waals surface area (Å²) >= 11 is 0. The highest BCUT2D eigenvalue weighted by Crippen LogP contribution is 2.18. The van der Waals surface area contributed by atoms with E-state index in [1.807, 2.05) is 4.90 Å². The number of benzene rings is 1. The number of morpholine rings is 1. The monoisotopic (exact) mass is 360 g/mol. The number of fused-ring (bicyclic) bond motifs is 1. The second kappa shape index (κ2) is 8.24. The molecule has 3 heterocycles. The number of urea groups is 1. The van der Waals surface area contributed by atoms with Gasteiger partial charge in [-0.25, -0.2) is 4.79 Å². The van der Waals surface area contributed by atoms with Crippen LogP contribution in [-0.4, -0.2) is 92.4 Å². The molecule has 0 aromatic heterocycles. The molecule has 26 heavy (non-hydrogen) atoms. The van der Waals surface area contributed by atoms with Gasteiger partial charge in [0.15, 0.2) is 0 Å². The third-order valence-corrected chi connectivity index (χ3v) is 5.43. The zero-order chi connectivity index (χ0) is 17.8. The van der Waals surface area contributed by atoms with E-state index in [0.29, 0.717) is 12.6 Å². The zero-order valence-electron chi connectivity index (χ0n) is 15.2. The van der Waals surface area contributed by atoms with Gasteiger partial charge in [-0.15, -0.1) is 0 Å². The minimum Gasteiger partial charge on any atom is -0.492 e. The lowest BCUT2D eigenvalue weighted by Gasteiger charge is -2.36. The number of hydrogen-bond acceptors (Lipinski definition) is 5. The highest BCUT2D eigenvalue weighted by atomic mass is 16.5. The predicted octanol–water partition coefficient (Wildman–Crippen LogP) is 0.607. The fraction of sp³-hybridized carbons (Fsp3) is 0.632. The first-order valence-electron chi connectivity index (χ1n) is 9.56. The van der Waals surface area contributed by atoms with Gasteiger partial charge >= 0.3 is 6.03 Å². The van der Waals surface area contributed by atoms with Crippen molar-refractivity contribution in [1.29, 1.82) is 0 Å². The fourth-order valence-corrected chi connectivity index (χ4v) is 3.88. The molecule has 1 aromatic carbocycles. The Morgan fingerprint density at radius 2 is 1.88 bits per heavy atom. The molecule has 3 aliphatic rings. The molecule has 7 heteroatoms. The molecule has 0 aliphatic carbocycles. The van der Waals surface area contributed by atoms with Gasteiger partial charge in [0, 0.05) is 52.4 Å². The molecule has 1 N–H and O–H groups in total. The summed E-state index contributed by atoms with van der Waals surface area (Å²) < 4.78 is 11.2. The molecule has 1 atom stereocenters. The van der Waals surface area contributed by atoms with Crippen LogP contribution in [0.15, 0.2) is 24.3 Å². The molecule has 7 nitrogen and oxygen atoms in total. The molecule has 142 valence electrons. The normalized spacial score (nSPS) is 24.4. The Morgan fingerprint density at radius 3 is 2.69 bits per heavy atom. The number of nitrogens with zero attached hydrogens (tertiary/aromatic N) is 3. The molecule has 0 bridgehead atoms. The van der Waals surface area contributed by atoms with Crippen molar-refractivity contribution < 1.29 is 14.3 Å². The van der Waals surface area contributed by atoms with Gasteiger partial charge in [0.2, 0.25) is 0 Å². The van der Waals surface area contributed by atoms with E-state index < -0.39 is 0 Å². The molecule has 3 saturated heterocycles. The summed E-state index contributed by atoms with van der Waals surface area (Å²) in [7, 11) is 0. The van der Waals surface area contributed by atoms with Crippen molar-refractivity contribution in [2.75, 3.05) is 65.6 Å².